The maximum Gasteiger partial charge on any atom is 0.0541 e. The molecule has 7 rings (SSSR count). The third-order valence-electron chi connectivity index (χ3n) is 11.2. The van der Waals surface area contributed by atoms with Crippen LogP contribution in [-0.2, 0) is 5.41 Å². The lowest BCUT2D eigenvalue weighted by molar-refractivity contribution is 0.616. The predicted molar refractivity (Wildman–Crippen MR) is 237 cm³/mol. The summed E-state index contributed by atoms with van der Waals surface area (Å²) in [5.41, 5.74) is 25.2. The summed E-state index contributed by atoms with van der Waals surface area (Å²) in [5.74, 6) is 0. The number of aryl methyl sites for hydroxylation is 1. The Hall–Kier alpha value is -6.06. The molecule has 3 heteroatoms. The number of hydrogen-bond acceptors (Lipinski definition) is 1. The monoisotopic (exact) mass is 705 g/mol. The molecule has 4 aromatic carbocycles. The summed E-state index contributed by atoms with van der Waals surface area (Å²) in [5, 5.41) is 2.44. The summed E-state index contributed by atoms with van der Waals surface area (Å²) in [4.78, 5) is 0. The van der Waals surface area contributed by atoms with Crippen LogP contribution in [0.3, 0.4) is 0 Å². The van der Waals surface area contributed by atoms with Crippen LogP contribution in [0.2, 0.25) is 0 Å². The fourth-order valence-electron chi connectivity index (χ4n) is 8.66. The number of nitrogens with zero attached hydrogens (tertiary/aromatic N) is 2. The Morgan fingerprint density at radius 2 is 1.61 bits per heavy atom. The van der Waals surface area contributed by atoms with Crippen LogP contribution in [-0.4, -0.2) is 9.13 Å². The van der Waals surface area contributed by atoms with Gasteiger partial charge < -0.3 is 14.9 Å². The summed E-state index contributed by atoms with van der Waals surface area (Å²) in [7, 11) is 0. The molecule has 2 N–H and O–H groups in total. The highest BCUT2D eigenvalue weighted by molar-refractivity contribution is 6.10. The molecule has 0 unspecified atom stereocenters. The Kier molecular flexibility index (Phi) is 9.68. The highest BCUT2D eigenvalue weighted by Crippen LogP contribution is 2.46. The summed E-state index contributed by atoms with van der Waals surface area (Å²) >= 11 is 0. The molecular weight excluding hydrogens is 655 g/mol. The van der Waals surface area contributed by atoms with Crippen molar-refractivity contribution in [2.45, 2.75) is 60.3 Å². The fraction of sp³-hybridized carbons (Fsp3) is 0.176. The van der Waals surface area contributed by atoms with Gasteiger partial charge >= 0.3 is 0 Å². The number of para-hydroxylation sites is 1. The van der Waals surface area contributed by atoms with E-state index in [1.54, 1.807) is 0 Å². The van der Waals surface area contributed by atoms with Crippen molar-refractivity contribution >= 4 is 63.1 Å². The van der Waals surface area contributed by atoms with Crippen LogP contribution in [0.15, 0.2) is 128 Å². The average Bonchev–Trinajstić information content (AvgIpc) is 3.70. The minimum atomic E-state index is -0.0643. The third-order valence-corrected chi connectivity index (χ3v) is 11.2. The second-order valence-corrected chi connectivity index (χ2v) is 14.9. The van der Waals surface area contributed by atoms with Gasteiger partial charge in [0, 0.05) is 55.7 Å². The van der Waals surface area contributed by atoms with Gasteiger partial charge in [0.05, 0.1) is 16.7 Å². The number of benzene rings is 4. The van der Waals surface area contributed by atoms with Crippen molar-refractivity contribution in [3.63, 3.8) is 0 Å². The van der Waals surface area contributed by atoms with E-state index >= 15 is 0 Å². The fourth-order valence-corrected chi connectivity index (χ4v) is 8.66. The van der Waals surface area contributed by atoms with Crippen LogP contribution >= 0.6 is 0 Å². The molecule has 0 fully saturated rings. The Balaban J connectivity index is 1.39. The maximum absolute atomic E-state index is 6.82. The van der Waals surface area contributed by atoms with E-state index < -0.39 is 0 Å². The van der Waals surface area contributed by atoms with Gasteiger partial charge in [0.1, 0.15) is 0 Å². The summed E-state index contributed by atoms with van der Waals surface area (Å²) in [6.07, 6.45) is 17.9. The maximum atomic E-state index is 6.82. The van der Waals surface area contributed by atoms with Gasteiger partial charge in [0.2, 0.25) is 0 Å². The predicted octanol–water partition coefficient (Wildman–Crippen LogP) is 13.5. The minimum Gasteiger partial charge on any atom is -0.398 e. The molecule has 0 radical (unpaired) electrons. The van der Waals surface area contributed by atoms with Crippen LogP contribution in [0.4, 0.5) is 0 Å². The zero-order valence-corrected chi connectivity index (χ0v) is 32.8. The summed E-state index contributed by atoms with van der Waals surface area (Å²) < 4.78 is 4.71. The molecule has 1 aliphatic rings. The minimum absolute atomic E-state index is 0.0643. The van der Waals surface area contributed by atoms with Crippen molar-refractivity contribution in [1.82, 2.24) is 9.13 Å². The van der Waals surface area contributed by atoms with Crippen LogP contribution < -0.4 is 5.73 Å². The molecule has 54 heavy (non-hydrogen) atoms. The van der Waals surface area contributed by atoms with Crippen molar-refractivity contribution in [2.75, 3.05) is 0 Å². The van der Waals surface area contributed by atoms with E-state index in [1.165, 1.54) is 38.5 Å². The largest absolute Gasteiger partial charge is 0.398 e. The summed E-state index contributed by atoms with van der Waals surface area (Å²) in [6, 6.07) is 31.0. The highest BCUT2D eigenvalue weighted by atomic mass is 15.0. The van der Waals surface area contributed by atoms with Crippen LogP contribution in [0.5, 0.6) is 0 Å². The van der Waals surface area contributed by atoms with Crippen molar-refractivity contribution in [1.29, 1.82) is 0 Å². The number of rotatable bonds is 10. The molecule has 0 aliphatic heterocycles. The molecule has 0 amide bonds. The first-order valence-electron chi connectivity index (χ1n) is 19.0. The van der Waals surface area contributed by atoms with E-state index in [0.29, 0.717) is 0 Å². The van der Waals surface area contributed by atoms with Crippen molar-refractivity contribution in [2.24, 2.45) is 5.73 Å². The number of allylic oxidation sites excluding steroid dienone is 7. The smallest absolute Gasteiger partial charge is 0.0541 e. The second-order valence-electron chi connectivity index (χ2n) is 14.9. The molecule has 1 aliphatic carbocycles. The lowest BCUT2D eigenvalue weighted by Gasteiger charge is -2.24. The van der Waals surface area contributed by atoms with Gasteiger partial charge in [0.15, 0.2) is 0 Å². The van der Waals surface area contributed by atoms with E-state index in [2.05, 4.69) is 192 Å². The molecular formula is C51H51N3. The number of aromatic nitrogens is 2. The third kappa shape index (κ3) is 6.04. The molecule has 270 valence electrons. The van der Waals surface area contributed by atoms with Crippen molar-refractivity contribution in [3.8, 4) is 5.69 Å². The van der Waals surface area contributed by atoms with E-state index in [9.17, 15) is 0 Å². The van der Waals surface area contributed by atoms with Gasteiger partial charge in [-0.3, -0.25) is 0 Å². The van der Waals surface area contributed by atoms with E-state index in [4.69, 9.17) is 5.73 Å². The second kappa shape index (κ2) is 14.4. The highest BCUT2D eigenvalue weighted by Gasteiger charge is 2.36. The van der Waals surface area contributed by atoms with E-state index in [-0.39, 0.29) is 5.41 Å². The van der Waals surface area contributed by atoms with E-state index in [0.717, 1.165) is 68.3 Å². The molecule has 0 spiro atoms. The van der Waals surface area contributed by atoms with Crippen LogP contribution in [0.1, 0.15) is 91.4 Å². The number of fused-ring (bicyclic) bond motifs is 4. The number of nitrogens with two attached hydrogens (primary N) is 1. The number of hydrogen-bond donors (Lipinski definition) is 1. The Morgan fingerprint density at radius 3 is 2.33 bits per heavy atom. The first-order chi connectivity index (χ1) is 26.0. The zero-order chi connectivity index (χ0) is 38.3. The van der Waals surface area contributed by atoms with Crippen molar-refractivity contribution < 1.29 is 0 Å². The standard InChI is InChI=1S/C51H51N3/c1-10-17-34(6)53-35(7)42(31-37(12-3)38-20-16-19-33(5)29-38)41(47(53)18-11-2)26-23-36-24-28-49-43(30-36)40-21-14-15-22-48(40)54(49)39-25-27-46-44(32-39)50(52)45(13-4)51(46,8)9/h10-12,14-32H,1,3,13,52H2,2,4-9H3/b18-11-,26-23+,34-17+,37-31+. The van der Waals surface area contributed by atoms with Crippen LogP contribution in [0.25, 0.3) is 68.8 Å². The van der Waals surface area contributed by atoms with Crippen molar-refractivity contribution in [3.05, 3.63) is 178 Å². The van der Waals surface area contributed by atoms with E-state index in [1.807, 2.05) is 12.2 Å². The molecule has 0 saturated carbocycles. The average molecular weight is 706 g/mol. The SMILES string of the molecule is C=C/C=C(\C)n1c(C)c(/C=C(\C=C)c2cccc(C)c2)c(/C=C/c2ccc3c(c2)c2ccccc2n3-c2ccc3c(c2)C(N)=C(CC)C3(C)C)c1/C=C\C. The van der Waals surface area contributed by atoms with Gasteiger partial charge in [-0.05, 0) is 111 Å². The molecule has 2 heterocycles. The molecule has 0 saturated heterocycles. The normalized spacial score (nSPS) is 14.6. The zero-order valence-electron chi connectivity index (χ0n) is 32.8. The topological polar surface area (TPSA) is 35.9 Å². The Labute approximate surface area is 321 Å². The molecule has 0 atom stereocenters. The van der Waals surface area contributed by atoms with Gasteiger partial charge in [-0.15, -0.1) is 0 Å². The lowest BCUT2D eigenvalue weighted by Crippen LogP contribution is -2.17. The molecule has 0 bridgehead atoms. The Morgan fingerprint density at radius 1 is 0.833 bits per heavy atom. The summed E-state index contributed by atoms with van der Waals surface area (Å²) in [6.45, 7) is 23.5. The lowest BCUT2D eigenvalue weighted by atomic mass is 9.80. The quantitative estimate of drug-likeness (QED) is 0.142. The molecule has 2 aromatic heterocycles. The first kappa shape index (κ1) is 36.3. The first-order valence-corrected chi connectivity index (χ1v) is 19.0. The van der Waals surface area contributed by atoms with Gasteiger partial charge in [0.25, 0.3) is 0 Å². The Bertz CT molecular complexity index is 2640. The molecule has 6 aromatic rings. The van der Waals surface area contributed by atoms with Gasteiger partial charge in [-0.2, -0.15) is 0 Å². The molecule has 3 nitrogen and oxygen atoms in total. The van der Waals surface area contributed by atoms with Gasteiger partial charge in [-0.1, -0.05) is 124 Å². The van der Waals surface area contributed by atoms with Gasteiger partial charge in [-0.25, -0.2) is 0 Å². The van der Waals surface area contributed by atoms with Crippen LogP contribution in [0, 0.1) is 13.8 Å².